The van der Waals surface area contributed by atoms with Crippen molar-refractivity contribution in [1.29, 1.82) is 0 Å². The first-order valence-electron chi connectivity index (χ1n) is 11.0. The van der Waals surface area contributed by atoms with Gasteiger partial charge in [-0.1, -0.05) is 18.2 Å². The number of hydrogen-bond acceptors (Lipinski definition) is 7. The number of rotatable bonds is 5. The predicted molar refractivity (Wildman–Crippen MR) is 127 cm³/mol. The van der Waals surface area contributed by atoms with Gasteiger partial charge in [0, 0.05) is 45.3 Å². The molecule has 1 fully saturated rings. The van der Waals surface area contributed by atoms with Crippen LogP contribution in [-0.2, 0) is 13.6 Å². The van der Waals surface area contributed by atoms with Crippen molar-refractivity contribution in [2.45, 2.75) is 6.54 Å². The van der Waals surface area contributed by atoms with E-state index in [0.717, 1.165) is 31.5 Å². The van der Waals surface area contributed by atoms with Crippen LogP contribution in [0.15, 0.2) is 42.5 Å². The van der Waals surface area contributed by atoms with E-state index in [4.69, 9.17) is 10.5 Å². The van der Waals surface area contributed by atoms with Crippen molar-refractivity contribution in [3.05, 3.63) is 59.7 Å². The summed E-state index contributed by atoms with van der Waals surface area (Å²) in [6.45, 7) is 3.82. The number of hydrogen-bond donors (Lipinski definition) is 1. The molecule has 176 valence electrons. The van der Waals surface area contributed by atoms with Gasteiger partial charge in [-0.05, 0) is 29.8 Å². The van der Waals surface area contributed by atoms with Gasteiger partial charge >= 0.3 is 0 Å². The Balaban J connectivity index is 1.41. The summed E-state index contributed by atoms with van der Waals surface area (Å²) in [5, 5.41) is 4.78. The number of methoxy groups -OCH3 is 1. The zero-order valence-electron chi connectivity index (χ0n) is 19.0. The fourth-order valence-corrected chi connectivity index (χ4v) is 4.22. The highest BCUT2D eigenvalue weighted by molar-refractivity contribution is 5.99. The molecule has 0 bridgehead atoms. The summed E-state index contributed by atoms with van der Waals surface area (Å²) in [6, 6.07) is 12.1. The molecule has 34 heavy (non-hydrogen) atoms. The molecule has 0 spiro atoms. The Morgan fingerprint density at radius 3 is 2.44 bits per heavy atom. The van der Waals surface area contributed by atoms with E-state index < -0.39 is 11.6 Å². The van der Waals surface area contributed by atoms with E-state index in [1.165, 1.54) is 22.4 Å². The van der Waals surface area contributed by atoms with E-state index in [0.29, 0.717) is 35.9 Å². The Kier molecular flexibility index (Phi) is 5.74. The maximum absolute atomic E-state index is 14.7. The minimum absolute atomic E-state index is 0.0338. The number of fused-ring (bicyclic) bond motifs is 1. The van der Waals surface area contributed by atoms with Crippen LogP contribution < -0.4 is 15.4 Å². The highest BCUT2D eigenvalue weighted by Crippen LogP contribution is 2.34. The second kappa shape index (κ2) is 8.86. The van der Waals surface area contributed by atoms with Gasteiger partial charge in [0.15, 0.2) is 17.3 Å². The second-order valence-electron chi connectivity index (χ2n) is 8.29. The lowest BCUT2D eigenvalue weighted by Crippen LogP contribution is -2.46. The van der Waals surface area contributed by atoms with E-state index in [9.17, 15) is 8.78 Å². The lowest BCUT2D eigenvalue weighted by molar-refractivity contribution is 0.248. The third-order valence-electron chi connectivity index (χ3n) is 6.15. The third-order valence-corrected chi connectivity index (χ3v) is 6.15. The Hall–Kier alpha value is -3.79. The van der Waals surface area contributed by atoms with Crippen LogP contribution in [0.5, 0.6) is 5.75 Å². The van der Waals surface area contributed by atoms with Crippen LogP contribution >= 0.6 is 0 Å². The highest BCUT2D eigenvalue weighted by atomic mass is 19.2. The molecule has 0 aliphatic carbocycles. The first-order chi connectivity index (χ1) is 16.4. The summed E-state index contributed by atoms with van der Waals surface area (Å²) in [5.74, 6) is -0.360. The molecule has 3 heterocycles. The molecule has 2 N–H and O–H groups in total. The van der Waals surface area contributed by atoms with Crippen LogP contribution in [0.2, 0.25) is 0 Å². The van der Waals surface area contributed by atoms with Gasteiger partial charge in [0.2, 0.25) is 5.95 Å². The topological polar surface area (TPSA) is 85.3 Å². The minimum Gasteiger partial charge on any atom is -0.497 e. The van der Waals surface area contributed by atoms with Crippen molar-refractivity contribution in [1.82, 2.24) is 24.6 Å². The number of ether oxygens (including phenoxy) is 1. The van der Waals surface area contributed by atoms with Gasteiger partial charge in [-0.25, -0.2) is 13.8 Å². The second-order valence-corrected chi connectivity index (χ2v) is 8.29. The minimum atomic E-state index is -0.971. The molecule has 10 heteroatoms. The lowest BCUT2D eigenvalue weighted by Gasteiger charge is -2.34. The monoisotopic (exact) mass is 465 g/mol. The number of nitrogens with two attached hydrogens (primary N) is 1. The maximum atomic E-state index is 14.7. The molecular weight excluding hydrogens is 440 g/mol. The summed E-state index contributed by atoms with van der Waals surface area (Å²) in [6.07, 6.45) is 0. The van der Waals surface area contributed by atoms with Crippen LogP contribution in [0.1, 0.15) is 5.56 Å². The van der Waals surface area contributed by atoms with Crippen LogP contribution in [0.3, 0.4) is 0 Å². The van der Waals surface area contributed by atoms with Gasteiger partial charge in [-0.15, -0.1) is 0 Å². The van der Waals surface area contributed by atoms with Crippen molar-refractivity contribution in [2.75, 3.05) is 43.9 Å². The number of nitrogen functional groups attached to an aromatic ring is 1. The summed E-state index contributed by atoms with van der Waals surface area (Å²) >= 11 is 0. The van der Waals surface area contributed by atoms with Crippen molar-refractivity contribution >= 4 is 22.8 Å². The van der Waals surface area contributed by atoms with Crippen LogP contribution in [-0.4, -0.2) is 57.9 Å². The number of anilines is 2. The standard InChI is InChI=1S/C24H25F2N7O/c1-31-22(27)19-21(17-4-3-5-18(25)20(17)26)28-24(29-23(19)30-31)33-12-10-32(11-13-33)14-15-6-8-16(34-2)9-7-15/h3-9H,10-14,27H2,1-2H3. The van der Waals surface area contributed by atoms with Gasteiger partial charge in [0.05, 0.1) is 18.2 Å². The van der Waals surface area contributed by atoms with Crippen molar-refractivity contribution in [3.8, 4) is 17.0 Å². The molecule has 1 saturated heterocycles. The predicted octanol–water partition coefficient (Wildman–Crippen LogP) is 3.22. The van der Waals surface area contributed by atoms with Gasteiger partial charge in [0.25, 0.3) is 0 Å². The van der Waals surface area contributed by atoms with Gasteiger partial charge < -0.3 is 15.4 Å². The molecule has 8 nitrogen and oxygen atoms in total. The van der Waals surface area contributed by atoms with Crippen molar-refractivity contribution < 1.29 is 13.5 Å². The average molecular weight is 466 g/mol. The Labute approximate surface area is 195 Å². The molecule has 0 unspecified atom stereocenters. The number of aromatic nitrogens is 4. The van der Waals surface area contributed by atoms with Crippen molar-refractivity contribution in [2.24, 2.45) is 7.05 Å². The fourth-order valence-electron chi connectivity index (χ4n) is 4.22. The molecule has 5 rings (SSSR count). The molecule has 1 aliphatic rings. The normalized spacial score (nSPS) is 14.6. The van der Waals surface area contributed by atoms with E-state index in [-0.39, 0.29) is 11.3 Å². The van der Waals surface area contributed by atoms with E-state index >= 15 is 0 Å². The molecular formula is C24H25F2N7O. The lowest BCUT2D eigenvalue weighted by atomic mass is 10.1. The molecule has 0 saturated carbocycles. The maximum Gasteiger partial charge on any atom is 0.228 e. The summed E-state index contributed by atoms with van der Waals surface area (Å²) in [5.41, 5.74) is 8.01. The SMILES string of the molecule is COc1ccc(CN2CCN(c3nc(-c4cccc(F)c4F)c4c(N)n(C)nc4n3)CC2)cc1. The Morgan fingerprint density at radius 2 is 1.74 bits per heavy atom. The number of benzene rings is 2. The summed E-state index contributed by atoms with van der Waals surface area (Å²) in [7, 11) is 3.33. The van der Waals surface area contributed by atoms with Gasteiger partial charge in [-0.3, -0.25) is 9.58 Å². The van der Waals surface area contributed by atoms with E-state index in [1.54, 1.807) is 14.2 Å². The van der Waals surface area contributed by atoms with Crippen molar-refractivity contribution in [3.63, 3.8) is 0 Å². The fraction of sp³-hybridized carbons (Fsp3) is 0.292. The Bertz CT molecular complexity index is 1330. The molecule has 0 radical (unpaired) electrons. The smallest absolute Gasteiger partial charge is 0.228 e. The van der Waals surface area contributed by atoms with Crippen LogP contribution in [0.25, 0.3) is 22.3 Å². The molecule has 2 aromatic carbocycles. The third kappa shape index (κ3) is 4.01. The molecule has 0 atom stereocenters. The van der Waals surface area contributed by atoms with Crippen LogP contribution in [0, 0.1) is 11.6 Å². The molecule has 1 aliphatic heterocycles. The Morgan fingerprint density at radius 1 is 1.00 bits per heavy atom. The van der Waals surface area contributed by atoms with Gasteiger partial charge in [0.1, 0.15) is 11.6 Å². The van der Waals surface area contributed by atoms with Crippen LogP contribution in [0.4, 0.5) is 20.5 Å². The van der Waals surface area contributed by atoms with E-state index in [2.05, 4.69) is 32.1 Å². The number of halogens is 2. The molecule has 0 amide bonds. The zero-order chi connectivity index (χ0) is 23.8. The average Bonchev–Trinajstić information content (AvgIpc) is 3.14. The first kappa shape index (κ1) is 22.0. The zero-order valence-corrected chi connectivity index (χ0v) is 19.0. The van der Waals surface area contributed by atoms with E-state index in [1.807, 2.05) is 17.0 Å². The summed E-state index contributed by atoms with van der Waals surface area (Å²) in [4.78, 5) is 13.6. The largest absolute Gasteiger partial charge is 0.497 e. The number of nitrogens with zero attached hydrogens (tertiary/aromatic N) is 6. The molecule has 4 aromatic rings. The molecule has 2 aromatic heterocycles. The highest BCUT2D eigenvalue weighted by Gasteiger charge is 2.25. The number of aryl methyl sites for hydroxylation is 1. The first-order valence-corrected chi connectivity index (χ1v) is 11.0. The summed E-state index contributed by atoms with van der Waals surface area (Å²) < 4.78 is 35.4. The quantitative estimate of drug-likeness (QED) is 0.484. The number of piperazine rings is 1. The van der Waals surface area contributed by atoms with Gasteiger partial charge in [-0.2, -0.15) is 10.1 Å².